The van der Waals surface area contributed by atoms with Gasteiger partial charge in [-0.05, 0) is 69.9 Å². The Morgan fingerprint density at radius 1 is 0.522 bits per heavy atom. The van der Waals surface area contributed by atoms with E-state index in [0.717, 1.165) is 28.1 Å². The Labute approximate surface area is 267 Å². The molecule has 0 unspecified atom stereocenters. The molecule has 46 heavy (non-hydrogen) atoms. The molecule has 0 N–H and O–H groups in total. The first-order valence-corrected chi connectivity index (χ1v) is 16.5. The maximum absolute atomic E-state index is 5.43. The average Bonchev–Trinajstić information content (AvgIpc) is 3.61. The summed E-state index contributed by atoms with van der Waals surface area (Å²) >= 11 is 1.88. The molecule has 0 bridgehead atoms. The van der Waals surface area contributed by atoms with Crippen molar-refractivity contribution in [2.75, 3.05) is 0 Å². The zero-order valence-corrected chi connectivity index (χ0v) is 25.4. The minimum Gasteiger partial charge on any atom is -0.201 e. The molecular weight excluding hydrogens is 579 g/mol. The number of para-hydroxylation sites is 2. The Bertz CT molecular complexity index is 2910. The van der Waals surface area contributed by atoms with Crippen molar-refractivity contribution in [3.8, 4) is 33.9 Å². The lowest BCUT2D eigenvalue weighted by atomic mass is 9.91. The van der Waals surface area contributed by atoms with Gasteiger partial charge in [0.05, 0.1) is 6.20 Å². The van der Waals surface area contributed by atoms with Gasteiger partial charge in [-0.3, -0.25) is 0 Å². The molecule has 1 aliphatic rings. The lowest BCUT2D eigenvalue weighted by Crippen LogP contribution is -2.37. The zero-order valence-electron chi connectivity index (χ0n) is 24.6. The summed E-state index contributed by atoms with van der Waals surface area (Å²) in [6.07, 6.45) is 2.23. The molecule has 11 rings (SSSR count). The van der Waals surface area contributed by atoms with Crippen LogP contribution < -0.4 is 4.57 Å². The third-order valence-corrected chi connectivity index (χ3v) is 10.9. The normalized spacial score (nSPS) is 12.3. The van der Waals surface area contributed by atoms with Crippen molar-refractivity contribution in [3.63, 3.8) is 0 Å². The second-order valence-corrected chi connectivity index (χ2v) is 13.3. The molecule has 0 saturated carbocycles. The number of fused-ring (bicyclic) bond motifs is 7. The monoisotopic (exact) mass is 602 g/mol. The first kappa shape index (κ1) is 24.5. The predicted octanol–water partition coefficient (Wildman–Crippen LogP) is 10.8. The van der Waals surface area contributed by atoms with E-state index in [0.29, 0.717) is 0 Å². The van der Waals surface area contributed by atoms with Gasteiger partial charge in [-0.2, -0.15) is 4.57 Å². The second kappa shape index (κ2) is 8.87. The summed E-state index contributed by atoms with van der Waals surface area (Å²) in [6, 6.07) is 50.7. The van der Waals surface area contributed by atoms with Gasteiger partial charge in [0.15, 0.2) is 5.52 Å². The fourth-order valence-electron chi connectivity index (χ4n) is 7.90. The Kier molecular flexibility index (Phi) is 4.72. The van der Waals surface area contributed by atoms with Gasteiger partial charge >= 0.3 is 5.95 Å². The molecule has 3 aromatic heterocycles. The van der Waals surface area contributed by atoms with Crippen LogP contribution in [0.25, 0.3) is 97.5 Å². The predicted molar refractivity (Wildman–Crippen MR) is 192 cm³/mol. The van der Waals surface area contributed by atoms with Crippen LogP contribution in [0.5, 0.6) is 0 Å². The zero-order chi connectivity index (χ0) is 29.9. The van der Waals surface area contributed by atoms with Gasteiger partial charge in [0.1, 0.15) is 16.7 Å². The summed E-state index contributed by atoms with van der Waals surface area (Å²) < 4.78 is 7.26. The van der Waals surface area contributed by atoms with Crippen LogP contribution in [0.3, 0.4) is 0 Å². The number of benzene rings is 7. The topological polar surface area (TPSA) is 21.7 Å². The SMILES string of the molecule is c1ccc(-[n+]2cc3ccccc3nc2-n2c3cccc4c3c3c(c5c(cc32)sc2ccccc25)-c2cccc3cccc-4c23)cc1. The van der Waals surface area contributed by atoms with Crippen LogP contribution in [0.1, 0.15) is 0 Å². The van der Waals surface area contributed by atoms with Crippen LogP contribution in [0.4, 0.5) is 0 Å². The van der Waals surface area contributed by atoms with E-state index in [2.05, 4.69) is 155 Å². The van der Waals surface area contributed by atoms with Gasteiger partial charge in [-0.15, -0.1) is 11.3 Å². The van der Waals surface area contributed by atoms with Gasteiger partial charge in [0, 0.05) is 41.9 Å². The minimum absolute atomic E-state index is 0.875. The molecule has 0 fully saturated rings. The highest BCUT2D eigenvalue weighted by Gasteiger charge is 2.32. The van der Waals surface area contributed by atoms with Crippen molar-refractivity contribution in [2.45, 2.75) is 0 Å². The molecule has 0 radical (unpaired) electrons. The lowest BCUT2D eigenvalue weighted by Gasteiger charge is -2.13. The van der Waals surface area contributed by atoms with Gasteiger partial charge in [0.2, 0.25) is 0 Å². The number of rotatable bonds is 2. The van der Waals surface area contributed by atoms with E-state index in [-0.39, 0.29) is 0 Å². The summed E-state index contributed by atoms with van der Waals surface area (Å²) in [5.74, 6) is 0.875. The van der Waals surface area contributed by atoms with Crippen LogP contribution in [-0.2, 0) is 0 Å². The van der Waals surface area contributed by atoms with E-state index in [4.69, 9.17) is 4.98 Å². The first-order valence-electron chi connectivity index (χ1n) is 15.6. The molecule has 4 heteroatoms. The van der Waals surface area contributed by atoms with Gasteiger partial charge in [-0.25, -0.2) is 4.57 Å². The number of aromatic nitrogens is 3. The summed E-state index contributed by atoms with van der Waals surface area (Å²) in [5, 5.41) is 8.93. The maximum atomic E-state index is 5.43. The van der Waals surface area contributed by atoms with Crippen molar-refractivity contribution in [2.24, 2.45) is 0 Å². The van der Waals surface area contributed by atoms with Crippen molar-refractivity contribution in [1.29, 1.82) is 0 Å². The highest BCUT2D eigenvalue weighted by Crippen LogP contribution is 2.53. The Morgan fingerprint density at radius 3 is 2.13 bits per heavy atom. The number of hydrogen-bond donors (Lipinski definition) is 0. The summed E-state index contributed by atoms with van der Waals surface area (Å²) in [7, 11) is 0. The van der Waals surface area contributed by atoms with Crippen LogP contribution >= 0.6 is 11.3 Å². The molecule has 1 aliphatic carbocycles. The van der Waals surface area contributed by atoms with Crippen molar-refractivity contribution in [3.05, 3.63) is 146 Å². The summed E-state index contributed by atoms with van der Waals surface area (Å²) in [6.45, 7) is 0. The van der Waals surface area contributed by atoms with Crippen molar-refractivity contribution >= 4 is 75.0 Å². The van der Waals surface area contributed by atoms with Gasteiger partial charge < -0.3 is 0 Å². The third kappa shape index (κ3) is 3.11. The molecule has 0 aliphatic heterocycles. The quantitative estimate of drug-likeness (QED) is 0.180. The number of hydrogen-bond acceptors (Lipinski definition) is 2. The standard InChI is InChI=1S/C42H24N3S/c1-2-14-27(15-3-1)44-24-26-11-4-6-20-32(26)43-42(44)45-33-21-10-18-29-28-17-8-12-25-13-9-19-31(37(25)28)40-39-30-16-5-7-22-35(30)46-36(39)23-34(45)41(40)38(29)33/h1-24H/q+1. The molecule has 3 nitrogen and oxygen atoms in total. The molecule has 10 aromatic rings. The fourth-order valence-corrected chi connectivity index (χ4v) is 9.05. The number of nitrogens with zero attached hydrogens (tertiary/aromatic N) is 3. The average molecular weight is 603 g/mol. The summed E-state index contributed by atoms with van der Waals surface area (Å²) in [5.41, 5.74) is 9.55. The smallest absolute Gasteiger partial charge is 0.201 e. The van der Waals surface area contributed by atoms with E-state index in [1.54, 1.807) is 0 Å². The maximum Gasteiger partial charge on any atom is 0.409 e. The van der Waals surface area contributed by atoms with E-state index in [9.17, 15) is 0 Å². The molecule has 0 amide bonds. The molecule has 3 heterocycles. The van der Waals surface area contributed by atoms with Crippen molar-refractivity contribution < 1.29 is 4.57 Å². The van der Waals surface area contributed by atoms with Crippen molar-refractivity contribution in [1.82, 2.24) is 9.55 Å². The molecule has 0 spiro atoms. The third-order valence-electron chi connectivity index (χ3n) is 9.76. The van der Waals surface area contributed by atoms with E-state index in [1.807, 2.05) is 11.3 Å². The summed E-state index contributed by atoms with van der Waals surface area (Å²) in [4.78, 5) is 5.43. The van der Waals surface area contributed by atoms with Crippen LogP contribution in [0.15, 0.2) is 146 Å². The highest BCUT2D eigenvalue weighted by atomic mass is 32.1. The van der Waals surface area contributed by atoms with Crippen LogP contribution in [-0.4, -0.2) is 9.55 Å². The van der Waals surface area contributed by atoms with E-state index >= 15 is 0 Å². The van der Waals surface area contributed by atoms with Crippen LogP contribution in [0, 0.1) is 0 Å². The number of thiophene rings is 1. The Balaban J connectivity index is 1.43. The second-order valence-electron chi connectivity index (χ2n) is 12.2. The van der Waals surface area contributed by atoms with Gasteiger partial charge in [0.25, 0.3) is 0 Å². The molecular formula is C42H24N3S+. The molecule has 212 valence electrons. The molecule has 0 atom stereocenters. The fraction of sp³-hybridized carbons (Fsp3) is 0. The Morgan fingerprint density at radius 2 is 1.24 bits per heavy atom. The Hall–Kier alpha value is -5.84. The first-order chi connectivity index (χ1) is 22.8. The molecule has 7 aromatic carbocycles. The minimum atomic E-state index is 0.875. The molecule has 0 saturated heterocycles. The highest BCUT2D eigenvalue weighted by molar-refractivity contribution is 7.26. The largest absolute Gasteiger partial charge is 0.409 e. The lowest BCUT2D eigenvalue weighted by molar-refractivity contribution is -0.591. The van der Waals surface area contributed by atoms with Crippen LogP contribution in [0.2, 0.25) is 0 Å². The van der Waals surface area contributed by atoms with E-state index < -0.39 is 0 Å². The van der Waals surface area contributed by atoms with E-state index in [1.165, 1.54) is 69.5 Å². The van der Waals surface area contributed by atoms with Gasteiger partial charge in [-0.1, -0.05) is 102 Å².